The number of nitrogens with two attached hydrogens (primary N) is 1. The van der Waals surface area contributed by atoms with Crippen LogP contribution in [0.3, 0.4) is 0 Å². The molecule has 0 bridgehead atoms. The van der Waals surface area contributed by atoms with Crippen LogP contribution in [0.1, 0.15) is 43.7 Å². The van der Waals surface area contributed by atoms with Crippen LogP contribution in [0.5, 0.6) is 0 Å². The Morgan fingerprint density at radius 2 is 2.00 bits per heavy atom. The molecule has 0 spiro atoms. The van der Waals surface area contributed by atoms with Crippen molar-refractivity contribution < 1.29 is 4.74 Å². The first-order valence-electron chi connectivity index (χ1n) is 9.19. The summed E-state index contributed by atoms with van der Waals surface area (Å²) < 4.78 is 5.40. The number of rotatable bonds is 9. The maximum Gasteiger partial charge on any atom is 0.188 e. The number of ether oxygens (including phenoxy) is 1. The molecule has 5 nitrogen and oxygen atoms in total. The number of unbranched alkanes of at least 4 members (excludes halogenated alkanes) is 3. The second-order valence-electron chi connectivity index (χ2n) is 6.40. The topological polar surface area (TPSA) is 62.9 Å². The van der Waals surface area contributed by atoms with Crippen LogP contribution in [0.2, 0.25) is 0 Å². The molecule has 0 unspecified atom stereocenters. The molecule has 5 heteroatoms. The third-order valence-corrected chi connectivity index (χ3v) is 4.27. The van der Waals surface area contributed by atoms with Crippen molar-refractivity contribution in [3.8, 4) is 0 Å². The minimum absolute atomic E-state index is 0.546. The van der Waals surface area contributed by atoms with E-state index < -0.39 is 0 Å². The standard InChI is InChI=1S/C19H32N4O/c1-2-3-4-5-9-21-19(20)22-15-17-7-6-8-18(14-17)16-23-10-12-24-13-11-23/h6-8,14H,2-5,9-13,15-16H2,1H3,(H3,20,21,22). The third kappa shape index (κ3) is 7.32. The maximum atomic E-state index is 5.94. The molecule has 134 valence electrons. The average Bonchev–Trinajstić information content (AvgIpc) is 2.61. The fourth-order valence-corrected chi connectivity index (χ4v) is 2.84. The average molecular weight is 332 g/mol. The van der Waals surface area contributed by atoms with Crippen LogP contribution in [-0.2, 0) is 17.8 Å². The van der Waals surface area contributed by atoms with Gasteiger partial charge in [0, 0.05) is 26.2 Å². The smallest absolute Gasteiger partial charge is 0.188 e. The Bertz CT molecular complexity index is 498. The molecule has 0 radical (unpaired) electrons. The van der Waals surface area contributed by atoms with Gasteiger partial charge in [-0.2, -0.15) is 0 Å². The molecule has 3 N–H and O–H groups in total. The molecule has 1 aromatic carbocycles. The maximum absolute atomic E-state index is 5.94. The first-order valence-corrected chi connectivity index (χ1v) is 9.19. The van der Waals surface area contributed by atoms with Crippen molar-refractivity contribution in [3.63, 3.8) is 0 Å². The van der Waals surface area contributed by atoms with Gasteiger partial charge in [0.2, 0.25) is 0 Å². The van der Waals surface area contributed by atoms with Gasteiger partial charge in [0.05, 0.1) is 19.8 Å². The van der Waals surface area contributed by atoms with Crippen molar-refractivity contribution in [3.05, 3.63) is 35.4 Å². The number of nitrogens with zero attached hydrogens (tertiary/aromatic N) is 2. The number of guanidine groups is 1. The van der Waals surface area contributed by atoms with E-state index in [9.17, 15) is 0 Å². The van der Waals surface area contributed by atoms with E-state index in [0.29, 0.717) is 12.5 Å². The van der Waals surface area contributed by atoms with Crippen LogP contribution in [0.25, 0.3) is 0 Å². The second kappa shape index (κ2) is 11.0. The summed E-state index contributed by atoms with van der Waals surface area (Å²) in [6.07, 6.45) is 4.94. The predicted octanol–water partition coefficient (Wildman–Crippen LogP) is 2.50. The zero-order valence-electron chi connectivity index (χ0n) is 15.0. The lowest BCUT2D eigenvalue weighted by Gasteiger charge is -2.26. The summed E-state index contributed by atoms with van der Waals surface area (Å²) in [5.74, 6) is 0.546. The zero-order valence-corrected chi connectivity index (χ0v) is 15.0. The molecule has 24 heavy (non-hydrogen) atoms. The highest BCUT2D eigenvalue weighted by molar-refractivity contribution is 5.77. The lowest BCUT2D eigenvalue weighted by molar-refractivity contribution is 0.0342. The molecule has 1 heterocycles. The summed E-state index contributed by atoms with van der Waals surface area (Å²) in [5, 5.41) is 3.20. The summed E-state index contributed by atoms with van der Waals surface area (Å²) in [5.41, 5.74) is 8.47. The van der Waals surface area contributed by atoms with Crippen LogP contribution in [-0.4, -0.2) is 43.7 Å². The van der Waals surface area contributed by atoms with Gasteiger partial charge in [-0.25, -0.2) is 4.99 Å². The SMILES string of the molecule is CCCCCCNC(N)=NCc1cccc(CN2CCOCC2)c1. The zero-order chi connectivity index (χ0) is 17.0. The highest BCUT2D eigenvalue weighted by Crippen LogP contribution is 2.10. The van der Waals surface area contributed by atoms with Crippen molar-refractivity contribution in [1.82, 2.24) is 10.2 Å². The molecule has 1 fully saturated rings. The largest absolute Gasteiger partial charge is 0.379 e. The molecule has 0 atom stereocenters. The molecule has 0 amide bonds. The third-order valence-electron chi connectivity index (χ3n) is 4.27. The molecular formula is C19H32N4O. The van der Waals surface area contributed by atoms with E-state index in [4.69, 9.17) is 10.5 Å². The van der Waals surface area contributed by atoms with Gasteiger partial charge in [0.15, 0.2) is 5.96 Å². The number of hydrogen-bond donors (Lipinski definition) is 2. The number of hydrogen-bond acceptors (Lipinski definition) is 3. The first-order chi connectivity index (χ1) is 11.8. The van der Waals surface area contributed by atoms with Crippen molar-refractivity contribution in [1.29, 1.82) is 0 Å². The highest BCUT2D eigenvalue weighted by Gasteiger charge is 2.10. The van der Waals surface area contributed by atoms with Gasteiger partial charge in [-0.05, 0) is 17.5 Å². The second-order valence-corrected chi connectivity index (χ2v) is 6.40. The Morgan fingerprint density at radius 1 is 1.21 bits per heavy atom. The molecule has 0 aliphatic carbocycles. The lowest BCUT2D eigenvalue weighted by Crippen LogP contribution is -2.35. The van der Waals surface area contributed by atoms with Gasteiger partial charge in [0.1, 0.15) is 0 Å². The van der Waals surface area contributed by atoms with Gasteiger partial charge in [-0.1, -0.05) is 50.5 Å². The molecule has 1 aliphatic rings. The van der Waals surface area contributed by atoms with Gasteiger partial charge in [0.25, 0.3) is 0 Å². The van der Waals surface area contributed by atoms with Crippen LogP contribution >= 0.6 is 0 Å². The molecule has 2 rings (SSSR count). The van der Waals surface area contributed by atoms with Crippen molar-refractivity contribution in [2.75, 3.05) is 32.8 Å². The van der Waals surface area contributed by atoms with Crippen LogP contribution in [0.15, 0.2) is 29.3 Å². The molecule has 0 aromatic heterocycles. The van der Waals surface area contributed by atoms with E-state index in [-0.39, 0.29) is 0 Å². The summed E-state index contributed by atoms with van der Waals surface area (Å²) in [6, 6.07) is 8.63. The van der Waals surface area contributed by atoms with Gasteiger partial charge in [-0.3, -0.25) is 4.90 Å². The van der Waals surface area contributed by atoms with E-state index in [0.717, 1.165) is 45.8 Å². The Labute approximate surface area is 146 Å². The normalized spacial score (nSPS) is 16.3. The lowest BCUT2D eigenvalue weighted by atomic mass is 10.1. The Hall–Kier alpha value is -1.59. The summed E-state index contributed by atoms with van der Waals surface area (Å²) in [4.78, 5) is 6.88. The Kier molecular flexibility index (Phi) is 8.63. The highest BCUT2D eigenvalue weighted by atomic mass is 16.5. The van der Waals surface area contributed by atoms with Crippen molar-refractivity contribution in [2.24, 2.45) is 10.7 Å². The summed E-state index contributed by atoms with van der Waals surface area (Å²) >= 11 is 0. The minimum atomic E-state index is 0.546. The fourth-order valence-electron chi connectivity index (χ4n) is 2.84. The van der Waals surface area contributed by atoms with E-state index in [1.165, 1.54) is 30.4 Å². The van der Waals surface area contributed by atoms with Crippen molar-refractivity contribution in [2.45, 2.75) is 45.7 Å². The van der Waals surface area contributed by atoms with Crippen molar-refractivity contribution >= 4 is 5.96 Å². The molecular weight excluding hydrogens is 300 g/mol. The molecule has 1 aromatic rings. The van der Waals surface area contributed by atoms with Crippen LogP contribution in [0, 0.1) is 0 Å². The van der Waals surface area contributed by atoms with Crippen LogP contribution in [0.4, 0.5) is 0 Å². The Morgan fingerprint density at radius 3 is 2.79 bits per heavy atom. The summed E-state index contributed by atoms with van der Waals surface area (Å²) in [7, 11) is 0. The molecule has 0 saturated carbocycles. The van der Waals surface area contributed by atoms with Gasteiger partial charge >= 0.3 is 0 Å². The quantitative estimate of drug-likeness (QED) is 0.414. The monoisotopic (exact) mass is 332 g/mol. The number of morpholine rings is 1. The van der Waals surface area contributed by atoms with Crippen LogP contribution < -0.4 is 11.1 Å². The Balaban J connectivity index is 1.75. The predicted molar refractivity (Wildman–Crippen MR) is 100 cm³/mol. The van der Waals surface area contributed by atoms with Gasteiger partial charge < -0.3 is 15.8 Å². The van der Waals surface area contributed by atoms with E-state index in [2.05, 4.69) is 46.4 Å². The fraction of sp³-hybridized carbons (Fsp3) is 0.632. The van der Waals surface area contributed by atoms with E-state index in [1.807, 2.05) is 0 Å². The van der Waals surface area contributed by atoms with E-state index in [1.54, 1.807) is 0 Å². The number of nitrogens with one attached hydrogen (secondary N) is 1. The molecule has 1 saturated heterocycles. The van der Waals surface area contributed by atoms with E-state index >= 15 is 0 Å². The van der Waals surface area contributed by atoms with Gasteiger partial charge in [-0.15, -0.1) is 0 Å². The first kappa shape index (κ1) is 18.7. The molecule has 1 aliphatic heterocycles. The number of aliphatic imine (C=N–C) groups is 1. The summed E-state index contributed by atoms with van der Waals surface area (Å²) in [6.45, 7) is 8.43. The minimum Gasteiger partial charge on any atom is -0.379 e. The number of benzene rings is 1.